The average molecular weight is 308 g/mol. The Bertz CT molecular complexity index is 521. The average Bonchev–Trinajstić information content (AvgIpc) is 2.93. The van der Waals surface area contributed by atoms with Gasteiger partial charge in [0, 0.05) is 24.6 Å². The van der Waals surface area contributed by atoms with E-state index in [4.69, 9.17) is 5.11 Å². The Hall–Kier alpha value is -1.89. The molecule has 122 valence electrons. The number of nitrogens with one attached hydrogen (secondary N) is 1. The van der Waals surface area contributed by atoms with Crippen LogP contribution < -0.4 is 10.2 Å². The first-order valence-electron chi connectivity index (χ1n) is 7.61. The minimum absolute atomic E-state index is 0.108. The Kier molecular flexibility index (Phi) is 5.18. The van der Waals surface area contributed by atoms with Gasteiger partial charge in [-0.25, -0.2) is 9.97 Å². The molecule has 0 spiro atoms. The number of carboxylic acids is 1. The molecule has 0 amide bonds. The Morgan fingerprint density at radius 1 is 1.50 bits per heavy atom. The van der Waals surface area contributed by atoms with Gasteiger partial charge in [0.1, 0.15) is 18.0 Å². The summed E-state index contributed by atoms with van der Waals surface area (Å²) in [4.78, 5) is 21.3. The molecular weight excluding hydrogens is 284 g/mol. The predicted octanol–water partition coefficient (Wildman–Crippen LogP) is 1.49. The maximum Gasteiger partial charge on any atom is 0.303 e. The van der Waals surface area contributed by atoms with Gasteiger partial charge in [-0.2, -0.15) is 0 Å². The highest BCUT2D eigenvalue weighted by atomic mass is 16.4. The third-order valence-electron chi connectivity index (χ3n) is 3.97. The van der Waals surface area contributed by atoms with E-state index in [9.17, 15) is 9.90 Å². The van der Waals surface area contributed by atoms with Crippen LogP contribution in [0, 0.1) is 0 Å². The topological polar surface area (TPSA) is 98.6 Å². The monoisotopic (exact) mass is 308 g/mol. The summed E-state index contributed by atoms with van der Waals surface area (Å²) in [6.45, 7) is 4.90. The molecule has 2 rings (SSSR count). The number of aliphatic hydroxyl groups excluding tert-OH is 1. The minimum Gasteiger partial charge on any atom is -0.481 e. The van der Waals surface area contributed by atoms with Crippen molar-refractivity contribution in [3.63, 3.8) is 0 Å². The summed E-state index contributed by atoms with van der Waals surface area (Å²) in [6, 6.07) is 1.97. The molecule has 0 bridgehead atoms. The second-order valence-electron chi connectivity index (χ2n) is 6.34. The van der Waals surface area contributed by atoms with Crippen LogP contribution in [0.5, 0.6) is 0 Å². The van der Waals surface area contributed by atoms with Crippen molar-refractivity contribution < 1.29 is 15.0 Å². The van der Waals surface area contributed by atoms with E-state index in [1.807, 2.05) is 19.9 Å². The molecule has 7 nitrogen and oxygen atoms in total. The van der Waals surface area contributed by atoms with Crippen LogP contribution in [0.3, 0.4) is 0 Å². The lowest BCUT2D eigenvalue weighted by atomic mass is 9.98. The Labute approximate surface area is 130 Å². The molecule has 7 heteroatoms. The van der Waals surface area contributed by atoms with Gasteiger partial charge >= 0.3 is 5.97 Å². The van der Waals surface area contributed by atoms with Crippen molar-refractivity contribution in [1.82, 2.24) is 9.97 Å². The summed E-state index contributed by atoms with van der Waals surface area (Å²) in [5, 5.41) is 21.5. The van der Waals surface area contributed by atoms with Crippen LogP contribution in [0.15, 0.2) is 12.4 Å². The van der Waals surface area contributed by atoms with Crippen molar-refractivity contribution >= 4 is 17.6 Å². The van der Waals surface area contributed by atoms with Crippen molar-refractivity contribution in [2.24, 2.45) is 0 Å². The molecule has 1 saturated heterocycles. The van der Waals surface area contributed by atoms with Crippen LogP contribution in [0.1, 0.15) is 39.5 Å². The normalized spacial score (nSPS) is 18.5. The van der Waals surface area contributed by atoms with Crippen molar-refractivity contribution in [2.75, 3.05) is 23.4 Å². The number of hydrogen-bond donors (Lipinski definition) is 3. The number of anilines is 2. The summed E-state index contributed by atoms with van der Waals surface area (Å²) in [6.07, 6.45) is 4.12. The van der Waals surface area contributed by atoms with E-state index in [0.717, 1.165) is 25.2 Å². The third kappa shape index (κ3) is 4.30. The quantitative estimate of drug-likeness (QED) is 0.702. The van der Waals surface area contributed by atoms with Crippen molar-refractivity contribution in [2.45, 2.75) is 51.1 Å². The van der Waals surface area contributed by atoms with E-state index < -0.39 is 5.97 Å². The molecule has 1 fully saturated rings. The van der Waals surface area contributed by atoms with E-state index in [1.54, 1.807) is 0 Å². The fourth-order valence-corrected chi connectivity index (χ4v) is 2.73. The lowest BCUT2D eigenvalue weighted by molar-refractivity contribution is -0.137. The fraction of sp³-hybridized carbons (Fsp3) is 0.667. The number of nitrogens with zero attached hydrogens (tertiary/aromatic N) is 3. The highest BCUT2D eigenvalue weighted by Crippen LogP contribution is 2.26. The third-order valence-corrected chi connectivity index (χ3v) is 3.97. The number of aliphatic hydroxyl groups is 1. The highest BCUT2D eigenvalue weighted by Gasteiger charge is 2.26. The standard InChI is InChI=1S/C15H24N4O3/c1-15(2,6-5-14(21)22)18-12-8-13(17-10-16-12)19-7-3-4-11(19)9-20/h8,10-11,20H,3-7,9H2,1-2H3,(H,21,22)(H,16,17,18). The van der Waals surface area contributed by atoms with Gasteiger partial charge in [0.15, 0.2) is 0 Å². The molecule has 0 radical (unpaired) electrons. The Balaban J connectivity index is 2.06. The minimum atomic E-state index is -0.805. The molecule has 0 aliphatic carbocycles. The van der Waals surface area contributed by atoms with E-state index in [2.05, 4.69) is 20.2 Å². The number of carboxylic acid groups (broad SMARTS) is 1. The molecule has 3 N–H and O–H groups in total. The van der Waals surface area contributed by atoms with E-state index in [1.165, 1.54) is 6.33 Å². The van der Waals surface area contributed by atoms with Gasteiger partial charge in [0.25, 0.3) is 0 Å². The van der Waals surface area contributed by atoms with Gasteiger partial charge < -0.3 is 20.4 Å². The lowest BCUT2D eigenvalue weighted by Crippen LogP contribution is -2.34. The van der Waals surface area contributed by atoms with Crippen LogP contribution in [0.25, 0.3) is 0 Å². The zero-order chi connectivity index (χ0) is 16.2. The maximum atomic E-state index is 10.7. The van der Waals surface area contributed by atoms with Gasteiger partial charge in [-0.05, 0) is 33.1 Å². The maximum absolute atomic E-state index is 10.7. The number of hydrogen-bond acceptors (Lipinski definition) is 6. The summed E-state index contributed by atoms with van der Waals surface area (Å²) in [5.74, 6) is 0.660. The second-order valence-corrected chi connectivity index (χ2v) is 6.34. The van der Waals surface area contributed by atoms with Gasteiger partial charge in [0.2, 0.25) is 0 Å². The summed E-state index contributed by atoms with van der Waals surface area (Å²) in [7, 11) is 0. The first kappa shape index (κ1) is 16.5. The number of carbonyl (C=O) groups is 1. The lowest BCUT2D eigenvalue weighted by Gasteiger charge is -2.28. The first-order chi connectivity index (χ1) is 10.4. The van der Waals surface area contributed by atoms with Gasteiger partial charge in [0.05, 0.1) is 12.6 Å². The fourth-order valence-electron chi connectivity index (χ4n) is 2.73. The zero-order valence-electron chi connectivity index (χ0n) is 13.1. The number of aliphatic carboxylic acids is 1. The van der Waals surface area contributed by atoms with E-state index >= 15 is 0 Å². The number of aromatic nitrogens is 2. The highest BCUT2D eigenvalue weighted by molar-refractivity contribution is 5.66. The first-order valence-corrected chi connectivity index (χ1v) is 7.61. The van der Waals surface area contributed by atoms with Gasteiger partial charge in [-0.3, -0.25) is 4.79 Å². The van der Waals surface area contributed by atoms with Crippen molar-refractivity contribution in [1.29, 1.82) is 0 Å². The van der Waals surface area contributed by atoms with Crippen molar-refractivity contribution in [3.8, 4) is 0 Å². The molecule has 0 saturated carbocycles. The molecule has 1 atom stereocenters. The van der Waals surface area contributed by atoms with E-state index in [0.29, 0.717) is 12.2 Å². The molecule has 22 heavy (non-hydrogen) atoms. The van der Waals surface area contributed by atoms with Crippen molar-refractivity contribution in [3.05, 3.63) is 12.4 Å². The number of rotatable bonds is 7. The largest absolute Gasteiger partial charge is 0.481 e. The van der Waals surface area contributed by atoms with Crippen LogP contribution in [-0.4, -0.2) is 50.9 Å². The second kappa shape index (κ2) is 6.91. The van der Waals surface area contributed by atoms with E-state index in [-0.39, 0.29) is 24.6 Å². The molecular formula is C15H24N4O3. The molecule has 2 heterocycles. The molecule has 0 aromatic carbocycles. The summed E-state index contributed by atoms with van der Waals surface area (Å²) < 4.78 is 0. The van der Waals surface area contributed by atoms with Crippen LogP contribution >= 0.6 is 0 Å². The van der Waals surface area contributed by atoms with Gasteiger partial charge in [-0.15, -0.1) is 0 Å². The SMILES string of the molecule is CC(C)(CCC(=O)O)Nc1cc(N2CCCC2CO)ncn1. The molecule has 1 aliphatic rings. The summed E-state index contributed by atoms with van der Waals surface area (Å²) in [5.41, 5.74) is -0.370. The molecule has 1 unspecified atom stereocenters. The Morgan fingerprint density at radius 2 is 2.27 bits per heavy atom. The zero-order valence-corrected chi connectivity index (χ0v) is 13.1. The summed E-state index contributed by atoms with van der Waals surface area (Å²) >= 11 is 0. The molecule has 1 aromatic rings. The smallest absolute Gasteiger partial charge is 0.303 e. The molecule has 1 aromatic heterocycles. The predicted molar refractivity (Wildman–Crippen MR) is 84.1 cm³/mol. The molecule has 1 aliphatic heterocycles. The van der Waals surface area contributed by atoms with Crippen LogP contribution in [-0.2, 0) is 4.79 Å². The van der Waals surface area contributed by atoms with Gasteiger partial charge in [-0.1, -0.05) is 0 Å². The van der Waals surface area contributed by atoms with Crippen LogP contribution in [0.2, 0.25) is 0 Å². The van der Waals surface area contributed by atoms with Crippen LogP contribution in [0.4, 0.5) is 11.6 Å². The Morgan fingerprint density at radius 3 is 2.95 bits per heavy atom.